The first kappa shape index (κ1) is 32.8. The van der Waals surface area contributed by atoms with Gasteiger partial charge in [0.1, 0.15) is 12.1 Å². The van der Waals surface area contributed by atoms with Crippen LogP contribution in [0, 0.1) is 0 Å². The van der Waals surface area contributed by atoms with Crippen molar-refractivity contribution >= 4 is 34.5 Å². The maximum Gasteiger partial charge on any atom is 0.256 e. The zero-order chi connectivity index (χ0) is 29.9. The standard InChI is InChI=1S/C27H28N6O.C4H8O.C2H6/c1-33(25-13-12-22-6-2-3-7-24(22)15-25)32-26(16-28)31-27(34)23-10-8-20(9-11-23)17-30-19-21-5-4-14-29-18-21;1-2-3-4-5;1-2/h2-15,18,30H,16-17,19,28H2,1H3,(H,31,32,34);4H,2-3H2,1H3;1-2H3. The number of nitrogens with zero attached hydrogens (tertiary/aromatic N) is 3. The lowest BCUT2D eigenvalue weighted by Crippen LogP contribution is -2.37. The highest BCUT2D eigenvalue weighted by molar-refractivity contribution is 6.07. The number of amides is 1. The summed E-state index contributed by atoms with van der Waals surface area (Å²) in [7, 11) is 1.83. The monoisotopic (exact) mass is 554 g/mol. The van der Waals surface area contributed by atoms with Crippen molar-refractivity contribution in [2.45, 2.75) is 46.7 Å². The summed E-state index contributed by atoms with van der Waals surface area (Å²) in [5.41, 5.74) is 9.52. The normalized spacial score (nSPS) is 10.5. The number of hydrogen-bond donors (Lipinski definition) is 3. The number of aromatic nitrogens is 1. The van der Waals surface area contributed by atoms with Gasteiger partial charge < -0.3 is 21.2 Å². The molecule has 0 bridgehead atoms. The second-order valence-corrected chi connectivity index (χ2v) is 8.88. The summed E-state index contributed by atoms with van der Waals surface area (Å²) < 4.78 is 0. The molecule has 4 rings (SSSR count). The molecule has 1 aromatic heterocycles. The van der Waals surface area contributed by atoms with Crippen molar-refractivity contribution in [2.24, 2.45) is 10.8 Å². The average Bonchev–Trinajstić information content (AvgIpc) is 3.03. The van der Waals surface area contributed by atoms with Crippen LogP contribution in [0.3, 0.4) is 0 Å². The molecule has 4 N–H and O–H groups in total. The maximum absolute atomic E-state index is 12.7. The summed E-state index contributed by atoms with van der Waals surface area (Å²) in [4.78, 5) is 26.2. The van der Waals surface area contributed by atoms with E-state index in [1.807, 2.05) is 82.5 Å². The Morgan fingerprint density at radius 3 is 2.27 bits per heavy atom. The zero-order valence-corrected chi connectivity index (χ0v) is 24.5. The van der Waals surface area contributed by atoms with Crippen LogP contribution < -0.4 is 21.4 Å². The fraction of sp³-hybridized carbons (Fsp3) is 0.273. The number of rotatable bonds is 10. The van der Waals surface area contributed by atoms with E-state index in [1.165, 1.54) is 0 Å². The molecule has 3 aromatic carbocycles. The van der Waals surface area contributed by atoms with Crippen molar-refractivity contribution in [1.29, 1.82) is 0 Å². The van der Waals surface area contributed by atoms with Crippen LogP contribution in [0.1, 0.15) is 55.1 Å². The lowest BCUT2D eigenvalue weighted by atomic mass is 10.1. The molecule has 0 aliphatic rings. The van der Waals surface area contributed by atoms with Crippen molar-refractivity contribution in [2.75, 3.05) is 18.6 Å². The van der Waals surface area contributed by atoms with Crippen LogP contribution in [-0.2, 0) is 17.9 Å². The predicted molar refractivity (Wildman–Crippen MR) is 170 cm³/mol. The summed E-state index contributed by atoms with van der Waals surface area (Å²) >= 11 is 0. The minimum absolute atomic E-state index is 0.111. The van der Waals surface area contributed by atoms with Crippen molar-refractivity contribution in [3.63, 3.8) is 0 Å². The summed E-state index contributed by atoms with van der Waals surface area (Å²) in [6.07, 6.45) is 6.22. The van der Waals surface area contributed by atoms with Crippen LogP contribution >= 0.6 is 0 Å². The molecule has 0 spiro atoms. The Hall–Kier alpha value is -4.40. The predicted octanol–water partition coefficient (Wildman–Crippen LogP) is 5.67. The molecule has 0 atom stereocenters. The molecule has 0 unspecified atom stereocenters. The fourth-order valence-electron chi connectivity index (χ4n) is 3.68. The maximum atomic E-state index is 12.7. The van der Waals surface area contributed by atoms with Gasteiger partial charge in [0.25, 0.3) is 5.91 Å². The summed E-state index contributed by atoms with van der Waals surface area (Å²) in [5.74, 6) is 0.147. The van der Waals surface area contributed by atoms with Crippen molar-refractivity contribution in [3.8, 4) is 0 Å². The molecule has 8 heteroatoms. The molecular weight excluding hydrogens is 512 g/mol. The molecule has 0 aliphatic heterocycles. The average molecular weight is 555 g/mol. The molecule has 4 aromatic rings. The Morgan fingerprint density at radius 2 is 1.66 bits per heavy atom. The highest BCUT2D eigenvalue weighted by atomic mass is 16.1. The number of nitrogens with two attached hydrogens (primary N) is 1. The minimum atomic E-state index is -0.244. The number of aldehydes is 1. The number of hydrogen-bond acceptors (Lipinski definition) is 7. The first-order valence-electron chi connectivity index (χ1n) is 14.0. The number of anilines is 1. The van der Waals surface area contributed by atoms with Crippen molar-refractivity contribution in [1.82, 2.24) is 15.6 Å². The van der Waals surface area contributed by atoms with E-state index in [9.17, 15) is 9.59 Å². The Bertz CT molecular complexity index is 1360. The second kappa shape index (κ2) is 18.8. The molecule has 8 nitrogen and oxygen atoms in total. The van der Waals surface area contributed by atoms with Crippen molar-refractivity contribution in [3.05, 3.63) is 108 Å². The minimum Gasteiger partial charge on any atom is -0.324 e. The fourth-order valence-corrected chi connectivity index (χ4v) is 3.68. The Kier molecular flexibility index (Phi) is 15.1. The number of hydrazone groups is 1. The number of unbranched alkanes of at least 4 members (excludes halogenated alkanes) is 1. The molecule has 0 radical (unpaired) electrons. The van der Waals surface area contributed by atoms with Gasteiger partial charge in [0, 0.05) is 44.5 Å². The number of carbonyl (C=O) groups excluding carboxylic acids is 2. The van der Waals surface area contributed by atoms with Crippen molar-refractivity contribution < 1.29 is 9.59 Å². The molecule has 0 saturated carbocycles. The van der Waals surface area contributed by atoms with Gasteiger partial charge >= 0.3 is 0 Å². The Morgan fingerprint density at radius 1 is 0.951 bits per heavy atom. The van der Waals surface area contributed by atoms with Crippen LogP contribution in [-0.4, -0.2) is 36.6 Å². The van der Waals surface area contributed by atoms with Gasteiger partial charge in [0.05, 0.1) is 12.2 Å². The van der Waals surface area contributed by atoms with Gasteiger partial charge in [-0.3, -0.25) is 14.8 Å². The van der Waals surface area contributed by atoms with Gasteiger partial charge in [0.15, 0.2) is 0 Å². The molecule has 0 saturated heterocycles. The number of carbonyl (C=O) groups is 2. The SMILES string of the molecule is CC.CCCC=O.CN(/N=C(\CN)NC(=O)c1ccc(CNCc2cccnc2)cc1)c1ccc2ccccc2c1. The van der Waals surface area contributed by atoms with E-state index >= 15 is 0 Å². The van der Waals surface area contributed by atoms with Gasteiger partial charge in [0.2, 0.25) is 0 Å². The summed E-state index contributed by atoms with van der Waals surface area (Å²) in [5, 5.41) is 14.7. The molecule has 1 amide bonds. The Labute approximate surface area is 243 Å². The Balaban J connectivity index is 0.000000759. The van der Waals surface area contributed by atoms with Crippen LogP contribution in [0.4, 0.5) is 5.69 Å². The third-order valence-electron chi connectivity index (χ3n) is 5.83. The van der Waals surface area contributed by atoms with Gasteiger partial charge in [-0.2, -0.15) is 5.10 Å². The third-order valence-corrected chi connectivity index (χ3v) is 5.83. The molecular formula is C33H42N6O2. The van der Waals surface area contributed by atoms with Crippen LogP contribution in [0.25, 0.3) is 10.8 Å². The smallest absolute Gasteiger partial charge is 0.256 e. The van der Waals surface area contributed by atoms with E-state index in [2.05, 4.69) is 38.9 Å². The first-order chi connectivity index (χ1) is 20.0. The summed E-state index contributed by atoms with van der Waals surface area (Å²) in [6.45, 7) is 7.52. The number of fused-ring (bicyclic) bond motifs is 1. The molecule has 216 valence electrons. The topological polar surface area (TPSA) is 113 Å². The number of pyridine rings is 1. The van der Waals surface area contributed by atoms with Gasteiger partial charge in [-0.1, -0.05) is 69.3 Å². The molecule has 1 heterocycles. The quantitative estimate of drug-likeness (QED) is 0.101. The lowest BCUT2D eigenvalue weighted by Gasteiger charge is -2.16. The van der Waals surface area contributed by atoms with E-state index < -0.39 is 0 Å². The van der Waals surface area contributed by atoms with E-state index in [0.29, 0.717) is 24.4 Å². The molecule has 0 aliphatic carbocycles. The van der Waals surface area contributed by atoms with Gasteiger partial charge in [-0.25, -0.2) is 0 Å². The van der Waals surface area contributed by atoms with E-state index in [1.54, 1.807) is 23.3 Å². The highest BCUT2D eigenvalue weighted by Crippen LogP contribution is 2.21. The van der Waals surface area contributed by atoms with Crippen LogP contribution in [0.5, 0.6) is 0 Å². The number of benzene rings is 3. The van der Waals surface area contributed by atoms with Crippen LogP contribution in [0.2, 0.25) is 0 Å². The van der Waals surface area contributed by atoms with E-state index in [0.717, 1.165) is 46.8 Å². The van der Waals surface area contributed by atoms with E-state index in [-0.39, 0.29) is 12.5 Å². The summed E-state index contributed by atoms with van der Waals surface area (Å²) in [6, 6.07) is 25.6. The number of nitrogens with one attached hydrogen (secondary N) is 2. The second-order valence-electron chi connectivity index (χ2n) is 8.88. The van der Waals surface area contributed by atoms with Gasteiger partial charge in [-0.15, -0.1) is 0 Å². The zero-order valence-electron chi connectivity index (χ0n) is 24.5. The van der Waals surface area contributed by atoms with Gasteiger partial charge in [-0.05, 0) is 58.7 Å². The largest absolute Gasteiger partial charge is 0.324 e. The lowest BCUT2D eigenvalue weighted by molar-refractivity contribution is -0.107. The molecule has 41 heavy (non-hydrogen) atoms. The first-order valence-corrected chi connectivity index (χ1v) is 14.0. The number of amidine groups is 1. The van der Waals surface area contributed by atoms with E-state index in [4.69, 9.17) is 5.73 Å². The third kappa shape index (κ3) is 11.3. The van der Waals surface area contributed by atoms with Crippen LogP contribution in [0.15, 0.2) is 96.4 Å². The molecule has 0 fully saturated rings. The highest BCUT2D eigenvalue weighted by Gasteiger charge is 2.10.